The Hall–Kier alpha value is -3.54. The molecule has 4 rings (SSSR count). The third kappa shape index (κ3) is 3.30. The summed E-state index contributed by atoms with van der Waals surface area (Å²) in [5.74, 6) is -0.288. The Kier molecular flexibility index (Phi) is 4.15. The molecule has 0 aliphatic rings. The van der Waals surface area contributed by atoms with Crippen LogP contribution in [0.3, 0.4) is 0 Å². The number of hydrogen-bond donors (Lipinski definition) is 2. The van der Waals surface area contributed by atoms with E-state index < -0.39 is 11.9 Å². The van der Waals surface area contributed by atoms with Crippen molar-refractivity contribution in [3.05, 3.63) is 83.9 Å². The van der Waals surface area contributed by atoms with Gasteiger partial charge in [0.1, 0.15) is 11.5 Å². The first-order valence-corrected chi connectivity index (χ1v) is 8.14. The minimum Gasteiger partial charge on any atom is -0.347 e. The summed E-state index contributed by atoms with van der Waals surface area (Å²) in [6, 6.07) is 19.7. The molecular formula is C20H15FN4O. The van der Waals surface area contributed by atoms with Crippen molar-refractivity contribution in [1.82, 2.24) is 20.3 Å². The fraction of sp³-hybridized carbons (Fsp3) is 0.0500. The Labute approximate surface area is 148 Å². The lowest BCUT2D eigenvalue weighted by molar-refractivity contribution is 0.0944. The molecule has 0 aliphatic heterocycles. The first-order chi connectivity index (χ1) is 12.7. The predicted octanol–water partition coefficient (Wildman–Crippen LogP) is 3.69. The standard InChI is InChI=1S/C20H15FN4O/c21-18-7-3-6-17(23-18)20(26)22-12-13-8-10-14(11-9-13)19-24-15-4-1-2-5-16(15)25-19/h1-11H,12H2,(H,22,26)(H,24,25). The molecule has 2 aromatic heterocycles. The Bertz CT molecular complexity index is 1040. The number of aromatic amines is 1. The molecule has 2 N–H and O–H groups in total. The van der Waals surface area contributed by atoms with Crippen molar-refractivity contribution in [1.29, 1.82) is 0 Å². The smallest absolute Gasteiger partial charge is 0.270 e. The third-order valence-electron chi connectivity index (χ3n) is 4.02. The van der Waals surface area contributed by atoms with Crippen LogP contribution in [0.2, 0.25) is 0 Å². The van der Waals surface area contributed by atoms with Gasteiger partial charge in [-0.15, -0.1) is 0 Å². The molecule has 0 aliphatic carbocycles. The zero-order valence-corrected chi connectivity index (χ0v) is 13.7. The van der Waals surface area contributed by atoms with E-state index in [0.717, 1.165) is 28.0 Å². The molecule has 0 atom stereocenters. The number of hydrogen-bond acceptors (Lipinski definition) is 3. The second-order valence-electron chi connectivity index (χ2n) is 5.83. The van der Waals surface area contributed by atoms with E-state index in [1.165, 1.54) is 18.2 Å². The number of para-hydroxylation sites is 2. The Morgan fingerprint density at radius 3 is 2.54 bits per heavy atom. The van der Waals surface area contributed by atoms with Crippen molar-refractivity contribution in [3.8, 4) is 11.4 Å². The van der Waals surface area contributed by atoms with E-state index in [0.29, 0.717) is 6.54 Å². The molecule has 4 aromatic rings. The number of nitrogens with one attached hydrogen (secondary N) is 2. The summed E-state index contributed by atoms with van der Waals surface area (Å²) in [5, 5.41) is 2.73. The normalized spacial score (nSPS) is 10.8. The number of pyridine rings is 1. The first-order valence-electron chi connectivity index (χ1n) is 8.14. The van der Waals surface area contributed by atoms with Crippen molar-refractivity contribution >= 4 is 16.9 Å². The maximum atomic E-state index is 13.1. The summed E-state index contributed by atoms with van der Waals surface area (Å²) in [5.41, 5.74) is 3.85. The highest BCUT2D eigenvalue weighted by atomic mass is 19.1. The van der Waals surface area contributed by atoms with Crippen molar-refractivity contribution in [2.75, 3.05) is 0 Å². The number of amides is 1. The average Bonchev–Trinajstić information content (AvgIpc) is 3.11. The van der Waals surface area contributed by atoms with Gasteiger partial charge in [-0.25, -0.2) is 9.97 Å². The van der Waals surface area contributed by atoms with E-state index in [1.54, 1.807) is 0 Å². The van der Waals surface area contributed by atoms with Crippen LogP contribution in [0, 0.1) is 5.95 Å². The Morgan fingerprint density at radius 1 is 0.962 bits per heavy atom. The van der Waals surface area contributed by atoms with E-state index in [9.17, 15) is 9.18 Å². The summed E-state index contributed by atoms with van der Waals surface area (Å²) in [6.07, 6.45) is 0. The van der Waals surface area contributed by atoms with E-state index in [4.69, 9.17) is 0 Å². The zero-order valence-electron chi connectivity index (χ0n) is 13.7. The lowest BCUT2D eigenvalue weighted by Crippen LogP contribution is -2.24. The van der Waals surface area contributed by atoms with E-state index >= 15 is 0 Å². The van der Waals surface area contributed by atoms with Gasteiger partial charge in [0, 0.05) is 12.1 Å². The summed E-state index contributed by atoms with van der Waals surface area (Å²) < 4.78 is 13.1. The summed E-state index contributed by atoms with van der Waals surface area (Å²) in [6.45, 7) is 0.331. The van der Waals surface area contributed by atoms with Gasteiger partial charge in [-0.2, -0.15) is 4.39 Å². The highest BCUT2D eigenvalue weighted by Crippen LogP contribution is 2.20. The molecular weight excluding hydrogens is 331 g/mol. The highest BCUT2D eigenvalue weighted by Gasteiger charge is 2.08. The molecule has 0 saturated heterocycles. The maximum absolute atomic E-state index is 13.1. The number of imidazole rings is 1. The van der Waals surface area contributed by atoms with Crippen molar-refractivity contribution in [2.45, 2.75) is 6.54 Å². The minimum atomic E-state index is -0.673. The topological polar surface area (TPSA) is 70.7 Å². The van der Waals surface area contributed by atoms with Crippen LogP contribution in [0.1, 0.15) is 16.1 Å². The maximum Gasteiger partial charge on any atom is 0.270 e. The van der Waals surface area contributed by atoms with Crippen LogP contribution in [0.15, 0.2) is 66.7 Å². The van der Waals surface area contributed by atoms with Gasteiger partial charge >= 0.3 is 0 Å². The SMILES string of the molecule is O=C(NCc1ccc(-c2nc3ccccc3[nH]2)cc1)c1cccc(F)n1. The third-order valence-corrected chi connectivity index (χ3v) is 4.02. The van der Waals surface area contributed by atoms with Crippen molar-refractivity contribution < 1.29 is 9.18 Å². The molecule has 128 valence electrons. The van der Waals surface area contributed by atoms with Gasteiger partial charge in [-0.3, -0.25) is 4.79 Å². The van der Waals surface area contributed by atoms with Crippen molar-refractivity contribution in [2.24, 2.45) is 0 Å². The summed E-state index contributed by atoms with van der Waals surface area (Å²) >= 11 is 0. The molecule has 1 amide bonds. The molecule has 0 fully saturated rings. The van der Waals surface area contributed by atoms with Crippen LogP contribution in [0.4, 0.5) is 4.39 Å². The number of carbonyl (C=O) groups is 1. The number of nitrogens with zero attached hydrogens (tertiary/aromatic N) is 2. The molecule has 2 heterocycles. The average molecular weight is 346 g/mol. The largest absolute Gasteiger partial charge is 0.347 e. The molecule has 0 saturated carbocycles. The Morgan fingerprint density at radius 2 is 1.77 bits per heavy atom. The van der Waals surface area contributed by atoms with Crippen LogP contribution in [0.5, 0.6) is 0 Å². The quantitative estimate of drug-likeness (QED) is 0.554. The second-order valence-corrected chi connectivity index (χ2v) is 5.83. The van der Waals surface area contributed by atoms with E-state index in [-0.39, 0.29) is 5.69 Å². The number of carbonyl (C=O) groups excluding carboxylic acids is 1. The lowest BCUT2D eigenvalue weighted by Gasteiger charge is -2.06. The van der Waals surface area contributed by atoms with Gasteiger partial charge in [0.2, 0.25) is 5.95 Å². The van der Waals surface area contributed by atoms with Crippen LogP contribution in [0.25, 0.3) is 22.4 Å². The van der Waals surface area contributed by atoms with Crippen LogP contribution < -0.4 is 5.32 Å². The molecule has 0 unspecified atom stereocenters. The second kappa shape index (κ2) is 6.76. The lowest BCUT2D eigenvalue weighted by atomic mass is 10.1. The monoisotopic (exact) mass is 346 g/mol. The van der Waals surface area contributed by atoms with Gasteiger partial charge < -0.3 is 10.3 Å². The van der Waals surface area contributed by atoms with Gasteiger partial charge in [0.25, 0.3) is 5.91 Å². The predicted molar refractivity (Wildman–Crippen MR) is 96.9 cm³/mol. The molecule has 5 nitrogen and oxygen atoms in total. The van der Waals surface area contributed by atoms with Gasteiger partial charge in [-0.05, 0) is 29.8 Å². The van der Waals surface area contributed by atoms with E-state index in [2.05, 4.69) is 20.3 Å². The molecule has 0 radical (unpaired) electrons. The fourth-order valence-electron chi connectivity index (χ4n) is 2.68. The number of fused-ring (bicyclic) bond motifs is 1. The zero-order chi connectivity index (χ0) is 17.9. The molecule has 26 heavy (non-hydrogen) atoms. The first kappa shape index (κ1) is 16.0. The highest BCUT2D eigenvalue weighted by molar-refractivity contribution is 5.92. The number of benzene rings is 2. The van der Waals surface area contributed by atoms with Gasteiger partial charge in [0.15, 0.2) is 0 Å². The number of rotatable bonds is 4. The van der Waals surface area contributed by atoms with Crippen LogP contribution in [-0.2, 0) is 6.54 Å². The minimum absolute atomic E-state index is 0.0592. The van der Waals surface area contributed by atoms with E-state index in [1.807, 2.05) is 48.5 Å². The summed E-state index contributed by atoms with van der Waals surface area (Å²) in [4.78, 5) is 23.4. The molecule has 0 bridgehead atoms. The number of halogens is 1. The number of H-pyrrole nitrogens is 1. The van der Waals surface area contributed by atoms with Crippen LogP contribution >= 0.6 is 0 Å². The Balaban J connectivity index is 1.45. The molecule has 2 aromatic carbocycles. The van der Waals surface area contributed by atoms with Crippen molar-refractivity contribution in [3.63, 3.8) is 0 Å². The fourth-order valence-corrected chi connectivity index (χ4v) is 2.68. The molecule has 6 heteroatoms. The van der Waals surface area contributed by atoms with Gasteiger partial charge in [0.05, 0.1) is 11.0 Å². The van der Waals surface area contributed by atoms with Gasteiger partial charge in [-0.1, -0.05) is 42.5 Å². The molecule has 0 spiro atoms. The number of aromatic nitrogens is 3. The van der Waals surface area contributed by atoms with Crippen LogP contribution in [-0.4, -0.2) is 20.9 Å². The summed E-state index contributed by atoms with van der Waals surface area (Å²) in [7, 11) is 0.